The SMILES string of the molecule is C=C(C)C(=C)OCCCCc1cc(CCCCOC(=O)C(C)=O)c2oc(=O)c(-c3ccc(OC(=O)C(=C)C)cc3)cc2c1. The number of carbonyl (C=O) groups excluding carboxylic acids is 3. The van der Waals surface area contributed by atoms with Crippen molar-refractivity contribution in [2.24, 2.45) is 0 Å². The van der Waals surface area contributed by atoms with Gasteiger partial charge in [-0.3, -0.25) is 4.79 Å². The van der Waals surface area contributed by atoms with Crippen LogP contribution in [0.5, 0.6) is 5.75 Å². The molecular formula is C35H38O8. The molecule has 0 saturated heterocycles. The number of Topliss-reactive ketones (excluding diaryl/α,β-unsaturated/α-hetero) is 1. The molecular weight excluding hydrogens is 548 g/mol. The highest BCUT2D eigenvalue weighted by Crippen LogP contribution is 2.28. The average Bonchev–Trinajstić information content (AvgIpc) is 2.96. The standard InChI is InChI=1S/C35H38O8/c1-22(2)25(6)40-17-9-7-11-26-19-28(12-8-10-18-41-34(38)24(5)36)32-29(20-26)21-31(35(39)43-32)27-13-15-30(16-14-27)42-33(37)23(3)4/h13-16,19-21H,1,3,6-12,17-18H2,2,4-5H3. The Morgan fingerprint density at radius 1 is 0.767 bits per heavy atom. The first-order chi connectivity index (χ1) is 20.5. The summed E-state index contributed by atoms with van der Waals surface area (Å²) in [5.41, 5.74) is 4.08. The second kappa shape index (κ2) is 15.5. The number of hydrogen-bond donors (Lipinski definition) is 0. The van der Waals surface area contributed by atoms with E-state index < -0.39 is 23.3 Å². The first-order valence-electron chi connectivity index (χ1n) is 14.2. The second-order valence-corrected chi connectivity index (χ2v) is 10.5. The van der Waals surface area contributed by atoms with Crippen molar-refractivity contribution in [3.05, 3.63) is 101 Å². The van der Waals surface area contributed by atoms with Crippen molar-refractivity contribution in [2.45, 2.75) is 59.3 Å². The van der Waals surface area contributed by atoms with E-state index in [2.05, 4.69) is 19.7 Å². The first kappa shape index (κ1) is 32.8. The van der Waals surface area contributed by atoms with Crippen LogP contribution >= 0.6 is 0 Å². The third-order valence-electron chi connectivity index (χ3n) is 6.67. The monoisotopic (exact) mass is 586 g/mol. The zero-order chi connectivity index (χ0) is 31.5. The van der Waals surface area contributed by atoms with E-state index >= 15 is 0 Å². The molecule has 0 aliphatic carbocycles. The summed E-state index contributed by atoms with van der Waals surface area (Å²) in [4.78, 5) is 47.5. The summed E-state index contributed by atoms with van der Waals surface area (Å²) in [7, 11) is 0. The van der Waals surface area contributed by atoms with E-state index in [4.69, 9.17) is 18.6 Å². The van der Waals surface area contributed by atoms with Crippen LogP contribution in [-0.4, -0.2) is 30.9 Å². The number of allylic oxidation sites excluding steroid dienone is 1. The zero-order valence-corrected chi connectivity index (χ0v) is 25.1. The second-order valence-electron chi connectivity index (χ2n) is 10.5. The molecule has 3 aromatic rings. The largest absolute Gasteiger partial charge is 0.494 e. The molecule has 0 spiro atoms. The van der Waals surface area contributed by atoms with Gasteiger partial charge in [0.05, 0.1) is 18.8 Å². The van der Waals surface area contributed by atoms with Crippen molar-refractivity contribution < 1.29 is 33.0 Å². The van der Waals surface area contributed by atoms with Gasteiger partial charge in [-0.2, -0.15) is 0 Å². The lowest BCUT2D eigenvalue weighted by molar-refractivity contribution is -0.153. The highest BCUT2D eigenvalue weighted by molar-refractivity contribution is 6.32. The van der Waals surface area contributed by atoms with Crippen molar-refractivity contribution in [3.8, 4) is 16.9 Å². The lowest BCUT2D eigenvalue weighted by Gasteiger charge is -2.12. The van der Waals surface area contributed by atoms with E-state index in [0.29, 0.717) is 54.1 Å². The third-order valence-corrected chi connectivity index (χ3v) is 6.67. The van der Waals surface area contributed by atoms with E-state index in [1.54, 1.807) is 31.2 Å². The number of ether oxygens (including phenoxy) is 3. The van der Waals surface area contributed by atoms with Gasteiger partial charge in [0.15, 0.2) is 0 Å². The molecule has 8 nitrogen and oxygen atoms in total. The molecule has 3 rings (SSSR count). The van der Waals surface area contributed by atoms with Crippen LogP contribution in [0.2, 0.25) is 0 Å². The van der Waals surface area contributed by atoms with Gasteiger partial charge in [-0.15, -0.1) is 0 Å². The molecule has 43 heavy (non-hydrogen) atoms. The van der Waals surface area contributed by atoms with Gasteiger partial charge in [0.1, 0.15) is 17.1 Å². The fourth-order valence-corrected chi connectivity index (χ4v) is 4.24. The molecule has 0 N–H and O–H groups in total. The number of aryl methyl sites for hydroxylation is 2. The van der Waals surface area contributed by atoms with Crippen molar-refractivity contribution in [2.75, 3.05) is 13.2 Å². The maximum atomic E-state index is 13.1. The molecule has 0 aliphatic heterocycles. The van der Waals surface area contributed by atoms with E-state index in [1.165, 1.54) is 6.92 Å². The molecule has 0 radical (unpaired) electrons. The summed E-state index contributed by atoms with van der Waals surface area (Å²) < 4.78 is 21.7. The minimum atomic E-state index is -0.844. The first-order valence-corrected chi connectivity index (χ1v) is 14.2. The Hall–Kier alpha value is -4.72. The lowest BCUT2D eigenvalue weighted by Crippen LogP contribution is -2.14. The number of fused-ring (bicyclic) bond motifs is 1. The van der Waals surface area contributed by atoms with Crippen LogP contribution in [0.4, 0.5) is 0 Å². The van der Waals surface area contributed by atoms with Crippen LogP contribution < -0.4 is 10.4 Å². The van der Waals surface area contributed by atoms with Gasteiger partial charge >= 0.3 is 17.6 Å². The van der Waals surface area contributed by atoms with Gasteiger partial charge in [0.2, 0.25) is 5.78 Å². The Balaban J connectivity index is 1.83. The average molecular weight is 587 g/mol. The molecule has 0 unspecified atom stereocenters. The Bertz CT molecular complexity index is 1590. The number of ketones is 1. The van der Waals surface area contributed by atoms with E-state index in [0.717, 1.165) is 41.3 Å². The molecule has 0 atom stereocenters. The third kappa shape index (κ3) is 9.67. The lowest BCUT2D eigenvalue weighted by atomic mass is 9.97. The summed E-state index contributed by atoms with van der Waals surface area (Å²) >= 11 is 0. The van der Waals surface area contributed by atoms with Crippen LogP contribution in [-0.2, 0) is 36.7 Å². The van der Waals surface area contributed by atoms with Crippen molar-refractivity contribution in [1.82, 2.24) is 0 Å². The van der Waals surface area contributed by atoms with Crippen molar-refractivity contribution in [3.63, 3.8) is 0 Å². The predicted molar refractivity (Wildman–Crippen MR) is 166 cm³/mol. The molecule has 1 aromatic heterocycles. The highest BCUT2D eigenvalue weighted by atomic mass is 16.5. The molecule has 8 heteroatoms. The van der Waals surface area contributed by atoms with Gasteiger partial charge in [0.25, 0.3) is 0 Å². The van der Waals surface area contributed by atoms with Gasteiger partial charge in [-0.25, -0.2) is 14.4 Å². The smallest absolute Gasteiger partial charge is 0.374 e. The number of benzene rings is 2. The molecule has 0 saturated carbocycles. The fraction of sp³-hybridized carbons (Fsp3) is 0.314. The molecule has 2 aromatic carbocycles. The molecule has 0 bridgehead atoms. The molecule has 0 amide bonds. The fourth-order valence-electron chi connectivity index (χ4n) is 4.24. The number of esters is 2. The van der Waals surface area contributed by atoms with Gasteiger partial charge in [-0.05, 0) is 98.9 Å². The van der Waals surface area contributed by atoms with Crippen LogP contribution in [0.15, 0.2) is 88.3 Å². The van der Waals surface area contributed by atoms with Crippen LogP contribution in [0.3, 0.4) is 0 Å². The molecule has 1 heterocycles. The van der Waals surface area contributed by atoms with Crippen LogP contribution in [0.25, 0.3) is 22.1 Å². The number of hydrogen-bond acceptors (Lipinski definition) is 8. The topological polar surface area (TPSA) is 109 Å². The Labute approximate surface area is 251 Å². The Kier molecular flexibility index (Phi) is 11.8. The van der Waals surface area contributed by atoms with E-state index in [-0.39, 0.29) is 12.2 Å². The zero-order valence-electron chi connectivity index (χ0n) is 25.1. The molecule has 0 fully saturated rings. The summed E-state index contributed by atoms with van der Waals surface area (Å²) in [6.45, 7) is 16.5. The summed E-state index contributed by atoms with van der Waals surface area (Å²) in [5, 5.41) is 0.787. The maximum absolute atomic E-state index is 13.1. The van der Waals surface area contributed by atoms with Crippen molar-refractivity contribution in [1.29, 1.82) is 0 Å². The highest BCUT2D eigenvalue weighted by Gasteiger charge is 2.14. The Morgan fingerprint density at radius 3 is 2.05 bits per heavy atom. The maximum Gasteiger partial charge on any atom is 0.374 e. The minimum Gasteiger partial charge on any atom is -0.494 e. The minimum absolute atomic E-state index is 0.136. The van der Waals surface area contributed by atoms with E-state index in [9.17, 15) is 19.2 Å². The summed E-state index contributed by atoms with van der Waals surface area (Å²) in [6.07, 6.45) is 4.31. The van der Waals surface area contributed by atoms with Gasteiger partial charge in [0, 0.05) is 17.9 Å². The van der Waals surface area contributed by atoms with Crippen molar-refractivity contribution >= 4 is 28.7 Å². The van der Waals surface area contributed by atoms with Gasteiger partial charge in [-0.1, -0.05) is 37.9 Å². The summed E-state index contributed by atoms with van der Waals surface area (Å²) in [6, 6.07) is 12.5. The predicted octanol–water partition coefficient (Wildman–Crippen LogP) is 6.83. The number of unbranched alkanes of at least 4 members (excludes halogenated alkanes) is 2. The Morgan fingerprint density at radius 2 is 1.42 bits per heavy atom. The molecule has 226 valence electrons. The summed E-state index contributed by atoms with van der Waals surface area (Å²) in [5.74, 6) is -1.07. The van der Waals surface area contributed by atoms with Gasteiger partial charge < -0.3 is 18.6 Å². The molecule has 0 aliphatic rings. The van der Waals surface area contributed by atoms with Crippen LogP contribution in [0.1, 0.15) is 57.6 Å². The number of carbonyl (C=O) groups is 3. The number of rotatable bonds is 16. The van der Waals surface area contributed by atoms with E-state index in [1.807, 2.05) is 25.1 Å². The van der Waals surface area contributed by atoms with Crippen LogP contribution in [0, 0.1) is 0 Å². The normalized spacial score (nSPS) is 10.7. The quantitative estimate of drug-likeness (QED) is 0.0263.